The molecule has 21 heavy (non-hydrogen) atoms. The van der Waals surface area contributed by atoms with Crippen molar-refractivity contribution >= 4 is 18.3 Å². The number of nitrogens with one attached hydrogen (secondary N) is 1. The predicted molar refractivity (Wildman–Crippen MR) is 82.7 cm³/mol. The number of rotatable bonds is 5. The third kappa shape index (κ3) is 4.31. The molecule has 3 unspecified atom stereocenters. The summed E-state index contributed by atoms with van der Waals surface area (Å²) in [4.78, 5) is 14.1. The first kappa shape index (κ1) is 17.0. The molecule has 0 aliphatic carbocycles. The fourth-order valence-corrected chi connectivity index (χ4v) is 3.68. The molecule has 2 bridgehead atoms. The fraction of sp³-hybridized carbons (Fsp3) is 0.933. The number of carbonyl (C=O) groups excluding carboxylic acids is 1. The minimum absolute atomic E-state index is 0. The zero-order valence-electron chi connectivity index (χ0n) is 12.8. The van der Waals surface area contributed by atoms with Gasteiger partial charge in [0.2, 0.25) is 5.91 Å². The zero-order chi connectivity index (χ0) is 13.9. The minimum Gasteiger partial charge on any atom is -0.381 e. The van der Waals surface area contributed by atoms with Gasteiger partial charge in [0.1, 0.15) is 6.61 Å². The van der Waals surface area contributed by atoms with Crippen LogP contribution in [0.25, 0.3) is 0 Å². The van der Waals surface area contributed by atoms with Crippen molar-refractivity contribution in [1.82, 2.24) is 10.2 Å². The summed E-state index contributed by atoms with van der Waals surface area (Å²) in [6.07, 6.45) is 5.77. The molecule has 0 aromatic heterocycles. The van der Waals surface area contributed by atoms with Gasteiger partial charge in [-0.2, -0.15) is 0 Å². The Hall–Kier alpha value is -0.360. The second-order valence-corrected chi connectivity index (χ2v) is 6.51. The molecule has 3 heterocycles. The van der Waals surface area contributed by atoms with Crippen molar-refractivity contribution in [3.05, 3.63) is 0 Å². The van der Waals surface area contributed by atoms with Crippen LogP contribution < -0.4 is 5.32 Å². The molecule has 0 radical (unpaired) electrons. The minimum atomic E-state index is 0. The van der Waals surface area contributed by atoms with Gasteiger partial charge >= 0.3 is 0 Å². The van der Waals surface area contributed by atoms with Gasteiger partial charge in [-0.05, 0) is 32.1 Å². The fourth-order valence-electron chi connectivity index (χ4n) is 3.68. The van der Waals surface area contributed by atoms with Crippen molar-refractivity contribution in [2.24, 2.45) is 5.92 Å². The first-order valence-corrected chi connectivity index (χ1v) is 7.89. The van der Waals surface area contributed by atoms with Gasteiger partial charge in [-0.25, -0.2) is 0 Å². The number of likely N-dealkylation sites (N-methyl/N-ethyl adjacent to an activating group) is 1. The molecule has 6 heteroatoms. The number of nitrogens with zero attached hydrogens (tertiary/aromatic N) is 1. The third-order valence-electron chi connectivity index (χ3n) is 4.99. The first-order valence-electron chi connectivity index (χ1n) is 7.89. The maximum absolute atomic E-state index is 12.2. The van der Waals surface area contributed by atoms with Crippen LogP contribution in [0.15, 0.2) is 0 Å². The van der Waals surface area contributed by atoms with Gasteiger partial charge in [0.25, 0.3) is 0 Å². The predicted octanol–water partition coefficient (Wildman–Crippen LogP) is 1.20. The smallest absolute Gasteiger partial charge is 0.248 e. The summed E-state index contributed by atoms with van der Waals surface area (Å²) in [5, 5.41) is 3.61. The van der Waals surface area contributed by atoms with E-state index in [4.69, 9.17) is 9.47 Å². The molecule has 1 amide bonds. The molecule has 0 aromatic rings. The van der Waals surface area contributed by atoms with Crippen molar-refractivity contribution in [3.8, 4) is 0 Å². The molecular weight excluding hydrogens is 292 g/mol. The Kier molecular flexibility index (Phi) is 6.29. The van der Waals surface area contributed by atoms with E-state index < -0.39 is 0 Å². The highest BCUT2D eigenvalue weighted by Crippen LogP contribution is 2.29. The molecule has 3 saturated heterocycles. The van der Waals surface area contributed by atoms with Crippen molar-refractivity contribution in [2.75, 3.05) is 33.5 Å². The second-order valence-electron chi connectivity index (χ2n) is 6.51. The van der Waals surface area contributed by atoms with Crippen LogP contribution in [-0.4, -0.2) is 62.4 Å². The topological polar surface area (TPSA) is 50.8 Å². The van der Waals surface area contributed by atoms with E-state index in [-0.39, 0.29) is 24.9 Å². The highest BCUT2D eigenvalue weighted by Gasteiger charge is 2.36. The Morgan fingerprint density at radius 2 is 2.00 bits per heavy atom. The average molecular weight is 319 g/mol. The molecule has 3 aliphatic rings. The number of carbonyl (C=O) groups is 1. The normalized spacial score (nSPS) is 34.5. The van der Waals surface area contributed by atoms with E-state index in [1.165, 1.54) is 12.8 Å². The molecule has 1 N–H and O–H groups in total. The number of ether oxygens (including phenoxy) is 2. The molecule has 0 saturated carbocycles. The van der Waals surface area contributed by atoms with Crippen LogP contribution in [0.2, 0.25) is 0 Å². The SMILES string of the molecule is CN(C(=O)COCC1CCOC1)C1CC2CCC(C1)N2.Cl. The van der Waals surface area contributed by atoms with E-state index in [0.29, 0.717) is 30.7 Å². The molecule has 0 spiro atoms. The summed E-state index contributed by atoms with van der Waals surface area (Å²) in [6.45, 7) is 2.48. The van der Waals surface area contributed by atoms with Crippen molar-refractivity contribution in [1.29, 1.82) is 0 Å². The molecule has 3 fully saturated rings. The lowest BCUT2D eigenvalue weighted by Crippen LogP contribution is -2.49. The summed E-state index contributed by atoms with van der Waals surface area (Å²) in [5.74, 6) is 0.595. The van der Waals surface area contributed by atoms with Crippen LogP contribution in [0.3, 0.4) is 0 Å². The van der Waals surface area contributed by atoms with Gasteiger partial charge < -0.3 is 19.7 Å². The highest BCUT2D eigenvalue weighted by molar-refractivity contribution is 5.85. The quantitative estimate of drug-likeness (QED) is 0.827. The maximum Gasteiger partial charge on any atom is 0.248 e. The van der Waals surface area contributed by atoms with E-state index in [1.807, 2.05) is 11.9 Å². The lowest BCUT2D eigenvalue weighted by Gasteiger charge is -2.35. The van der Waals surface area contributed by atoms with Crippen molar-refractivity contribution < 1.29 is 14.3 Å². The second kappa shape index (κ2) is 7.77. The van der Waals surface area contributed by atoms with Gasteiger partial charge in [0.15, 0.2) is 0 Å². The number of fused-ring (bicyclic) bond motifs is 2. The Morgan fingerprint density at radius 3 is 2.62 bits per heavy atom. The molecule has 3 aliphatic heterocycles. The third-order valence-corrected chi connectivity index (χ3v) is 4.99. The monoisotopic (exact) mass is 318 g/mol. The van der Waals surface area contributed by atoms with Gasteiger partial charge in [0.05, 0.1) is 13.2 Å². The number of halogens is 1. The van der Waals surface area contributed by atoms with Gasteiger partial charge in [-0.15, -0.1) is 12.4 Å². The summed E-state index contributed by atoms with van der Waals surface area (Å²) >= 11 is 0. The summed E-state index contributed by atoms with van der Waals surface area (Å²) in [5.41, 5.74) is 0. The zero-order valence-corrected chi connectivity index (χ0v) is 13.6. The Bertz CT molecular complexity index is 338. The van der Waals surface area contributed by atoms with Crippen LogP contribution in [-0.2, 0) is 14.3 Å². The summed E-state index contributed by atoms with van der Waals surface area (Å²) in [7, 11) is 1.93. The Balaban J connectivity index is 0.00000161. The lowest BCUT2D eigenvalue weighted by atomic mass is 9.98. The van der Waals surface area contributed by atoms with Crippen LogP contribution in [0, 0.1) is 5.92 Å². The van der Waals surface area contributed by atoms with Gasteiger partial charge in [-0.3, -0.25) is 4.79 Å². The molecule has 3 atom stereocenters. The molecule has 122 valence electrons. The Labute approximate surface area is 133 Å². The van der Waals surface area contributed by atoms with E-state index >= 15 is 0 Å². The van der Waals surface area contributed by atoms with Crippen LogP contribution in [0.4, 0.5) is 0 Å². The van der Waals surface area contributed by atoms with Crippen molar-refractivity contribution in [2.45, 2.75) is 50.2 Å². The van der Waals surface area contributed by atoms with Gasteiger partial charge in [-0.1, -0.05) is 0 Å². The van der Waals surface area contributed by atoms with Gasteiger partial charge in [0, 0.05) is 37.7 Å². The number of amides is 1. The van der Waals surface area contributed by atoms with Crippen LogP contribution >= 0.6 is 12.4 Å². The lowest BCUT2D eigenvalue weighted by molar-refractivity contribution is -0.138. The summed E-state index contributed by atoms with van der Waals surface area (Å²) in [6, 6.07) is 1.62. The van der Waals surface area contributed by atoms with Crippen LogP contribution in [0.5, 0.6) is 0 Å². The molecule has 3 rings (SSSR count). The molecule has 0 aromatic carbocycles. The molecular formula is C15H27ClN2O3. The van der Waals surface area contributed by atoms with Crippen molar-refractivity contribution in [3.63, 3.8) is 0 Å². The molecule has 5 nitrogen and oxygen atoms in total. The highest BCUT2D eigenvalue weighted by atomic mass is 35.5. The number of piperidine rings is 1. The van der Waals surface area contributed by atoms with E-state index in [2.05, 4.69) is 5.32 Å². The largest absolute Gasteiger partial charge is 0.381 e. The van der Waals surface area contributed by atoms with E-state index in [1.54, 1.807) is 0 Å². The summed E-state index contributed by atoms with van der Waals surface area (Å²) < 4.78 is 10.9. The average Bonchev–Trinajstić information content (AvgIpc) is 3.07. The standard InChI is InChI=1S/C15H26N2O3.ClH/c1-17(14-6-12-2-3-13(7-14)16-12)15(18)10-20-9-11-4-5-19-8-11;/h11-14,16H,2-10H2,1H3;1H. The van der Waals surface area contributed by atoms with E-state index in [0.717, 1.165) is 32.5 Å². The maximum atomic E-state index is 12.2. The van der Waals surface area contributed by atoms with Crippen LogP contribution in [0.1, 0.15) is 32.1 Å². The Morgan fingerprint density at radius 1 is 1.29 bits per heavy atom. The first-order chi connectivity index (χ1) is 9.72. The number of hydrogen-bond acceptors (Lipinski definition) is 4. The number of hydrogen-bond donors (Lipinski definition) is 1. The van der Waals surface area contributed by atoms with E-state index in [9.17, 15) is 4.79 Å².